The van der Waals surface area contributed by atoms with Gasteiger partial charge < -0.3 is 5.32 Å². The fourth-order valence-corrected chi connectivity index (χ4v) is 3.90. The predicted molar refractivity (Wildman–Crippen MR) is 83.0 cm³/mol. The number of nitrogens with zero attached hydrogens (tertiary/aromatic N) is 3. The minimum Gasteiger partial charge on any atom is -0.351 e. The lowest BCUT2D eigenvalue weighted by molar-refractivity contribution is -0.119. The summed E-state index contributed by atoms with van der Waals surface area (Å²) in [5.74, 6) is -0.120. The Morgan fingerprint density at radius 2 is 2.23 bits per heavy atom. The molecule has 1 saturated heterocycles. The molecule has 1 N–H and O–H groups in total. The van der Waals surface area contributed by atoms with Gasteiger partial charge in [-0.3, -0.25) is 9.78 Å². The van der Waals surface area contributed by atoms with Crippen LogP contribution in [-0.2, 0) is 21.5 Å². The average Bonchev–Trinajstić information content (AvgIpc) is 2.95. The first-order valence-electron chi connectivity index (χ1n) is 7.21. The third kappa shape index (κ3) is 3.63. The lowest BCUT2D eigenvalue weighted by Gasteiger charge is -2.27. The maximum absolute atomic E-state index is 12.4. The van der Waals surface area contributed by atoms with Crippen molar-refractivity contribution in [3.05, 3.63) is 29.6 Å². The van der Waals surface area contributed by atoms with Crippen LogP contribution in [0.3, 0.4) is 0 Å². The van der Waals surface area contributed by atoms with E-state index in [1.54, 1.807) is 20.3 Å². The molecular formula is C14H22N4O3S. The first-order chi connectivity index (χ1) is 10.3. The van der Waals surface area contributed by atoms with E-state index in [0.29, 0.717) is 13.1 Å². The van der Waals surface area contributed by atoms with Crippen LogP contribution < -0.4 is 5.32 Å². The van der Waals surface area contributed by atoms with Crippen molar-refractivity contribution in [1.29, 1.82) is 0 Å². The monoisotopic (exact) mass is 326 g/mol. The molecule has 0 saturated carbocycles. The zero-order valence-electron chi connectivity index (χ0n) is 13.1. The highest BCUT2D eigenvalue weighted by Crippen LogP contribution is 2.34. The Hall–Kier alpha value is -1.51. The molecular weight excluding hydrogens is 304 g/mol. The highest BCUT2D eigenvalue weighted by Gasteiger charge is 2.36. The summed E-state index contributed by atoms with van der Waals surface area (Å²) in [6.07, 6.45) is 3.28. The van der Waals surface area contributed by atoms with Crippen molar-refractivity contribution < 1.29 is 13.2 Å². The van der Waals surface area contributed by atoms with Crippen LogP contribution in [0.1, 0.15) is 37.1 Å². The molecule has 0 bridgehead atoms. The molecule has 0 radical (unpaired) electrons. The summed E-state index contributed by atoms with van der Waals surface area (Å²) in [6, 6.07) is 3.53. The van der Waals surface area contributed by atoms with Gasteiger partial charge in [0.25, 0.3) is 10.2 Å². The van der Waals surface area contributed by atoms with Crippen molar-refractivity contribution in [1.82, 2.24) is 18.9 Å². The topological polar surface area (TPSA) is 82.6 Å². The summed E-state index contributed by atoms with van der Waals surface area (Å²) in [7, 11) is -0.354. The van der Waals surface area contributed by atoms with E-state index in [-0.39, 0.29) is 11.9 Å². The highest BCUT2D eigenvalue weighted by molar-refractivity contribution is 7.86. The molecule has 1 aliphatic heterocycles. The Bertz CT molecular complexity index is 645. The molecule has 1 aromatic rings. The fourth-order valence-electron chi connectivity index (χ4n) is 2.57. The molecule has 1 aliphatic rings. The number of nitrogens with one attached hydrogen (secondary N) is 1. The van der Waals surface area contributed by atoms with Crippen LogP contribution in [0.25, 0.3) is 0 Å². The van der Waals surface area contributed by atoms with Crippen molar-refractivity contribution in [3.63, 3.8) is 0 Å². The van der Waals surface area contributed by atoms with Crippen LogP contribution in [0.4, 0.5) is 0 Å². The molecule has 1 amide bonds. The van der Waals surface area contributed by atoms with Crippen LogP contribution >= 0.6 is 0 Å². The predicted octanol–water partition coefficient (Wildman–Crippen LogP) is 0.661. The molecule has 1 aromatic heterocycles. The first kappa shape index (κ1) is 16.9. The number of pyridine rings is 1. The van der Waals surface area contributed by atoms with E-state index in [0.717, 1.165) is 24.1 Å². The molecule has 0 spiro atoms. The second kappa shape index (κ2) is 6.72. The molecule has 1 atom stereocenters. The molecule has 2 rings (SSSR count). The first-order valence-corrected chi connectivity index (χ1v) is 8.60. The second-order valence-electron chi connectivity index (χ2n) is 5.55. The molecule has 0 unspecified atom stereocenters. The highest BCUT2D eigenvalue weighted by atomic mass is 32.2. The number of carbonyl (C=O) groups is 1. The molecule has 0 aromatic carbocycles. The summed E-state index contributed by atoms with van der Waals surface area (Å²) < 4.78 is 27.6. The SMILES string of the molecule is CC(=O)NCc1cc([C@@H]2CCCN2S(=O)(=O)N(C)C)ccn1. The number of hydrogen-bond acceptors (Lipinski definition) is 4. The minimum atomic E-state index is -3.44. The number of hydrogen-bond donors (Lipinski definition) is 1. The van der Waals surface area contributed by atoms with E-state index < -0.39 is 10.2 Å². The van der Waals surface area contributed by atoms with E-state index in [9.17, 15) is 13.2 Å². The third-order valence-electron chi connectivity index (χ3n) is 3.71. The average molecular weight is 326 g/mol. The van der Waals surface area contributed by atoms with Crippen LogP contribution in [0.15, 0.2) is 18.3 Å². The summed E-state index contributed by atoms with van der Waals surface area (Å²) in [6.45, 7) is 2.32. The maximum atomic E-state index is 12.4. The van der Waals surface area contributed by atoms with Crippen molar-refractivity contribution in [2.45, 2.75) is 32.4 Å². The van der Waals surface area contributed by atoms with E-state index in [1.165, 1.54) is 15.5 Å². The Balaban J connectivity index is 2.23. The molecule has 22 heavy (non-hydrogen) atoms. The largest absolute Gasteiger partial charge is 0.351 e. The zero-order valence-corrected chi connectivity index (χ0v) is 13.9. The van der Waals surface area contributed by atoms with E-state index in [1.807, 2.05) is 12.1 Å². The van der Waals surface area contributed by atoms with Gasteiger partial charge >= 0.3 is 0 Å². The normalized spacial score (nSPS) is 19.5. The molecule has 122 valence electrons. The van der Waals surface area contributed by atoms with Gasteiger partial charge in [-0.1, -0.05) is 0 Å². The van der Waals surface area contributed by atoms with Gasteiger partial charge in [0.1, 0.15) is 0 Å². The molecule has 7 nitrogen and oxygen atoms in total. The Kier molecular flexibility index (Phi) is 5.15. The van der Waals surface area contributed by atoms with Gasteiger partial charge in [0.2, 0.25) is 5.91 Å². The lowest BCUT2D eigenvalue weighted by atomic mass is 10.1. The van der Waals surface area contributed by atoms with Crippen LogP contribution in [-0.4, -0.2) is 48.6 Å². The maximum Gasteiger partial charge on any atom is 0.282 e. The fraction of sp³-hybridized carbons (Fsp3) is 0.571. The zero-order chi connectivity index (χ0) is 16.3. The van der Waals surface area contributed by atoms with Gasteiger partial charge in [0.05, 0.1) is 18.3 Å². The van der Waals surface area contributed by atoms with Gasteiger partial charge in [-0.2, -0.15) is 17.0 Å². The number of carbonyl (C=O) groups excluding carboxylic acids is 1. The van der Waals surface area contributed by atoms with Crippen LogP contribution in [0, 0.1) is 0 Å². The van der Waals surface area contributed by atoms with Gasteiger partial charge in [-0.05, 0) is 30.5 Å². The molecule has 1 fully saturated rings. The summed E-state index contributed by atoms with van der Waals surface area (Å²) in [4.78, 5) is 15.2. The molecule has 8 heteroatoms. The van der Waals surface area contributed by atoms with Crippen LogP contribution in [0.2, 0.25) is 0 Å². The molecule has 2 heterocycles. The quantitative estimate of drug-likeness (QED) is 0.862. The number of rotatable bonds is 5. The molecule has 0 aliphatic carbocycles. The van der Waals surface area contributed by atoms with E-state index >= 15 is 0 Å². The Morgan fingerprint density at radius 1 is 1.50 bits per heavy atom. The standard InChI is InChI=1S/C14H22N4O3S/c1-11(19)16-10-13-9-12(6-7-15-13)14-5-4-8-18(14)22(20,21)17(2)3/h6-7,9,14H,4-5,8,10H2,1-3H3,(H,16,19)/t14-/m0/s1. The van der Waals surface area contributed by atoms with Crippen molar-refractivity contribution >= 4 is 16.1 Å². The summed E-state index contributed by atoms with van der Waals surface area (Å²) >= 11 is 0. The van der Waals surface area contributed by atoms with Crippen molar-refractivity contribution in [2.24, 2.45) is 0 Å². The van der Waals surface area contributed by atoms with Crippen molar-refractivity contribution in [3.8, 4) is 0 Å². The number of amides is 1. The third-order valence-corrected chi connectivity index (χ3v) is 5.66. The second-order valence-corrected chi connectivity index (χ2v) is 7.64. The minimum absolute atomic E-state index is 0.120. The van der Waals surface area contributed by atoms with Crippen molar-refractivity contribution in [2.75, 3.05) is 20.6 Å². The Labute approximate surface area is 131 Å². The Morgan fingerprint density at radius 3 is 2.86 bits per heavy atom. The lowest BCUT2D eigenvalue weighted by Crippen LogP contribution is -2.39. The van der Waals surface area contributed by atoms with Gasteiger partial charge in [-0.25, -0.2) is 0 Å². The van der Waals surface area contributed by atoms with E-state index in [2.05, 4.69) is 10.3 Å². The summed E-state index contributed by atoms with van der Waals surface area (Å²) in [5.41, 5.74) is 1.64. The van der Waals surface area contributed by atoms with Gasteiger partial charge in [0.15, 0.2) is 0 Å². The smallest absolute Gasteiger partial charge is 0.282 e. The summed E-state index contributed by atoms with van der Waals surface area (Å²) in [5, 5.41) is 2.70. The number of aromatic nitrogens is 1. The van der Waals surface area contributed by atoms with E-state index in [4.69, 9.17) is 0 Å². The van der Waals surface area contributed by atoms with Gasteiger partial charge in [-0.15, -0.1) is 0 Å². The van der Waals surface area contributed by atoms with Crippen LogP contribution in [0.5, 0.6) is 0 Å². The van der Waals surface area contributed by atoms with Gasteiger partial charge in [0, 0.05) is 33.8 Å².